The molecule has 1 aliphatic heterocycles. The van der Waals surface area contributed by atoms with Gasteiger partial charge >= 0.3 is 0 Å². The first-order valence-corrected chi connectivity index (χ1v) is 9.01. The Bertz CT molecular complexity index is 886. The molecule has 3 N–H and O–H groups in total. The highest BCUT2D eigenvalue weighted by Crippen LogP contribution is 2.25. The molecule has 26 heavy (non-hydrogen) atoms. The van der Waals surface area contributed by atoms with Crippen LogP contribution in [0.1, 0.15) is 18.4 Å². The number of nitrogen functional groups attached to an aromatic ring is 1. The number of nitrogens with zero attached hydrogens (tertiary/aromatic N) is 2. The normalized spacial score (nSPS) is 16.2. The molecule has 1 aliphatic rings. The van der Waals surface area contributed by atoms with Gasteiger partial charge in [0.25, 0.3) is 0 Å². The summed E-state index contributed by atoms with van der Waals surface area (Å²) in [5.41, 5.74) is 7.44. The minimum atomic E-state index is -0.118. The summed E-state index contributed by atoms with van der Waals surface area (Å²) in [4.78, 5) is 2.31. The maximum Gasteiger partial charge on any atom is 0.153 e. The van der Waals surface area contributed by atoms with Crippen molar-refractivity contribution in [3.63, 3.8) is 0 Å². The molecule has 136 valence electrons. The van der Waals surface area contributed by atoms with E-state index in [1.807, 2.05) is 30.3 Å². The Balaban J connectivity index is 1.27. The molecule has 0 bridgehead atoms. The molecule has 1 fully saturated rings. The fraction of sp³-hybridized carbons (Fsp3) is 0.350. The van der Waals surface area contributed by atoms with Crippen LogP contribution in [0.4, 0.5) is 10.2 Å². The molecule has 0 radical (unpaired) electrons. The molecule has 0 spiro atoms. The Morgan fingerprint density at radius 2 is 2.00 bits per heavy atom. The third-order valence-corrected chi connectivity index (χ3v) is 5.11. The summed E-state index contributed by atoms with van der Waals surface area (Å²) in [6, 6.07) is 12.8. The Morgan fingerprint density at radius 3 is 2.81 bits per heavy atom. The van der Waals surface area contributed by atoms with E-state index in [4.69, 9.17) is 10.5 Å². The van der Waals surface area contributed by atoms with Gasteiger partial charge in [0, 0.05) is 23.6 Å². The molecule has 2 heterocycles. The van der Waals surface area contributed by atoms with E-state index >= 15 is 0 Å². The quantitative estimate of drug-likeness (QED) is 0.735. The van der Waals surface area contributed by atoms with Gasteiger partial charge in [-0.2, -0.15) is 5.10 Å². The lowest BCUT2D eigenvalue weighted by molar-refractivity contribution is 0.136. The number of hydrogen-bond donors (Lipinski definition) is 2. The molecule has 6 heteroatoms. The summed E-state index contributed by atoms with van der Waals surface area (Å²) in [5.74, 6) is 1.74. The minimum absolute atomic E-state index is 0.118. The van der Waals surface area contributed by atoms with Crippen LogP contribution >= 0.6 is 0 Å². The highest BCUT2D eigenvalue weighted by Gasteiger charge is 2.20. The van der Waals surface area contributed by atoms with E-state index in [0.29, 0.717) is 24.9 Å². The summed E-state index contributed by atoms with van der Waals surface area (Å²) in [5, 5.41) is 7.82. The summed E-state index contributed by atoms with van der Waals surface area (Å²) in [6.07, 6.45) is 2.13. The maximum absolute atomic E-state index is 13.8. The highest BCUT2D eigenvalue weighted by molar-refractivity contribution is 5.89. The van der Waals surface area contributed by atoms with Crippen LogP contribution in [0, 0.1) is 11.7 Å². The molecule has 5 nitrogen and oxygen atoms in total. The summed E-state index contributed by atoms with van der Waals surface area (Å²) in [7, 11) is 0. The van der Waals surface area contributed by atoms with Crippen LogP contribution in [-0.4, -0.2) is 34.8 Å². The van der Waals surface area contributed by atoms with Crippen molar-refractivity contribution < 1.29 is 9.13 Å². The van der Waals surface area contributed by atoms with E-state index in [1.165, 1.54) is 6.07 Å². The number of hydrogen-bond acceptors (Lipinski definition) is 4. The second-order valence-corrected chi connectivity index (χ2v) is 6.94. The van der Waals surface area contributed by atoms with E-state index in [0.717, 1.165) is 48.1 Å². The number of rotatable bonds is 5. The molecule has 1 aromatic heterocycles. The van der Waals surface area contributed by atoms with Gasteiger partial charge in [-0.3, -0.25) is 10.00 Å². The molecular formula is C20H23FN4O. The third-order valence-electron chi connectivity index (χ3n) is 5.11. The standard InChI is InChI=1S/C20H23FN4O/c21-18-4-2-1-3-15(18)12-25-9-7-14(8-10-25)13-26-16-5-6-17-19(11-16)23-24-20(17)22/h1-6,11,14H,7-10,12-13H2,(H3,22,23,24). The van der Waals surface area contributed by atoms with Crippen molar-refractivity contribution in [3.8, 4) is 5.75 Å². The zero-order valence-corrected chi connectivity index (χ0v) is 14.6. The number of fused-ring (bicyclic) bond motifs is 1. The van der Waals surface area contributed by atoms with Gasteiger partial charge in [-0.25, -0.2) is 4.39 Å². The van der Waals surface area contributed by atoms with Gasteiger partial charge in [-0.15, -0.1) is 0 Å². The van der Waals surface area contributed by atoms with Crippen molar-refractivity contribution in [2.75, 3.05) is 25.4 Å². The topological polar surface area (TPSA) is 67.2 Å². The van der Waals surface area contributed by atoms with E-state index in [-0.39, 0.29) is 5.82 Å². The number of piperidine rings is 1. The van der Waals surface area contributed by atoms with Crippen LogP contribution < -0.4 is 10.5 Å². The third kappa shape index (κ3) is 3.65. The Kier molecular flexibility index (Phi) is 4.75. The maximum atomic E-state index is 13.8. The summed E-state index contributed by atoms with van der Waals surface area (Å²) < 4.78 is 19.7. The monoisotopic (exact) mass is 354 g/mol. The van der Waals surface area contributed by atoms with Gasteiger partial charge in [0.05, 0.1) is 12.1 Å². The van der Waals surface area contributed by atoms with Crippen molar-refractivity contribution in [2.45, 2.75) is 19.4 Å². The molecule has 3 aromatic rings. The number of halogens is 1. The average Bonchev–Trinajstić information content (AvgIpc) is 3.03. The minimum Gasteiger partial charge on any atom is -0.493 e. The van der Waals surface area contributed by atoms with Gasteiger partial charge in [0.2, 0.25) is 0 Å². The predicted octanol–water partition coefficient (Wildman–Crippen LogP) is 3.58. The molecule has 1 saturated heterocycles. The largest absolute Gasteiger partial charge is 0.493 e. The molecular weight excluding hydrogens is 331 g/mol. The lowest BCUT2D eigenvalue weighted by Crippen LogP contribution is -2.35. The van der Waals surface area contributed by atoms with Crippen molar-refractivity contribution in [1.29, 1.82) is 0 Å². The van der Waals surface area contributed by atoms with E-state index in [1.54, 1.807) is 6.07 Å². The first-order valence-electron chi connectivity index (χ1n) is 9.01. The fourth-order valence-electron chi connectivity index (χ4n) is 3.50. The van der Waals surface area contributed by atoms with Gasteiger partial charge < -0.3 is 10.5 Å². The van der Waals surface area contributed by atoms with Crippen LogP contribution in [0.5, 0.6) is 5.75 Å². The van der Waals surface area contributed by atoms with Crippen LogP contribution in [0.25, 0.3) is 10.9 Å². The van der Waals surface area contributed by atoms with E-state index in [2.05, 4.69) is 15.1 Å². The second kappa shape index (κ2) is 7.33. The molecule has 0 saturated carbocycles. The fourth-order valence-corrected chi connectivity index (χ4v) is 3.50. The number of likely N-dealkylation sites (tertiary alicyclic amines) is 1. The highest BCUT2D eigenvalue weighted by atomic mass is 19.1. The van der Waals surface area contributed by atoms with Gasteiger partial charge in [0.15, 0.2) is 5.82 Å². The summed E-state index contributed by atoms with van der Waals surface area (Å²) in [6.45, 7) is 3.32. The predicted molar refractivity (Wildman–Crippen MR) is 100 cm³/mol. The molecule has 2 aromatic carbocycles. The SMILES string of the molecule is Nc1n[nH]c2cc(OCC3CCN(Cc4ccccc4F)CC3)ccc12. The summed E-state index contributed by atoms with van der Waals surface area (Å²) >= 11 is 0. The number of H-pyrrole nitrogens is 1. The molecule has 0 atom stereocenters. The Labute approximate surface area is 151 Å². The van der Waals surface area contributed by atoms with E-state index < -0.39 is 0 Å². The lowest BCUT2D eigenvalue weighted by Gasteiger charge is -2.31. The van der Waals surface area contributed by atoms with Crippen LogP contribution in [0.15, 0.2) is 42.5 Å². The molecule has 0 unspecified atom stereocenters. The second-order valence-electron chi connectivity index (χ2n) is 6.94. The number of anilines is 1. The van der Waals surface area contributed by atoms with Crippen molar-refractivity contribution in [2.24, 2.45) is 5.92 Å². The van der Waals surface area contributed by atoms with Crippen LogP contribution in [0.3, 0.4) is 0 Å². The molecule has 4 rings (SSSR count). The van der Waals surface area contributed by atoms with Gasteiger partial charge in [-0.1, -0.05) is 18.2 Å². The van der Waals surface area contributed by atoms with Crippen molar-refractivity contribution in [3.05, 3.63) is 53.8 Å². The van der Waals surface area contributed by atoms with E-state index in [9.17, 15) is 4.39 Å². The zero-order valence-electron chi connectivity index (χ0n) is 14.6. The first-order chi connectivity index (χ1) is 12.7. The Morgan fingerprint density at radius 1 is 1.19 bits per heavy atom. The zero-order chi connectivity index (χ0) is 17.9. The van der Waals surface area contributed by atoms with Crippen molar-refractivity contribution in [1.82, 2.24) is 15.1 Å². The van der Waals surface area contributed by atoms with Crippen LogP contribution in [0.2, 0.25) is 0 Å². The number of benzene rings is 2. The number of nitrogens with one attached hydrogen (secondary N) is 1. The molecule has 0 aliphatic carbocycles. The number of ether oxygens (including phenoxy) is 1. The lowest BCUT2D eigenvalue weighted by atomic mass is 9.97. The first kappa shape index (κ1) is 16.8. The average molecular weight is 354 g/mol. The van der Waals surface area contributed by atoms with Gasteiger partial charge in [-0.05, 0) is 50.0 Å². The smallest absolute Gasteiger partial charge is 0.153 e. The van der Waals surface area contributed by atoms with Gasteiger partial charge in [0.1, 0.15) is 11.6 Å². The number of nitrogens with two attached hydrogens (primary N) is 1. The van der Waals surface area contributed by atoms with Crippen LogP contribution in [-0.2, 0) is 6.54 Å². The Hall–Kier alpha value is -2.60. The molecule has 0 amide bonds. The number of aromatic amines is 1. The number of aromatic nitrogens is 2. The van der Waals surface area contributed by atoms with Crippen molar-refractivity contribution >= 4 is 16.7 Å².